The van der Waals surface area contributed by atoms with Gasteiger partial charge in [-0.2, -0.15) is 5.10 Å². The Morgan fingerprint density at radius 1 is 1.50 bits per heavy atom. The number of halogens is 1. The number of furan rings is 1. The summed E-state index contributed by atoms with van der Waals surface area (Å²) in [5.74, 6) is 0.554. The van der Waals surface area contributed by atoms with Crippen molar-refractivity contribution in [3.8, 4) is 0 Å². The minimum atomic E-state index is -3.70. The van der Waals surface area contributed by atoms with Gasteiger partial charge in [0.05, 0.1) is 18.4 Å². The van der Waals surface area contributed by atoms with Crippen molar-refractivity contribution < 1.29 is 12.8 Å². The fraction of sp³-hybridized carbons (Fsp3) is 0.364. The summed E-state index contributed by atoms with van der Waals surface area (Å²) >= 11 is 3.13. The van der Waals surface area contributed by atoms with Crippen molar-refractivity contribution in [2.75, 3.05) is 11.3 Å². The van der Waals surface area contributed by atoms with Crippen LogP contribution in [0.2, 0.25) is 0 Å². The molecule has 0 saturated heterocycles. The van der Waals surface area contributed by atoms with Gasteiger partial charge in [0.15, 0.2) is 4.67 Å². The van der Waals surface area contributed by atoms with Crippen molar-refractivity contribution >= 4 is 31.6 Å². The standard InChI is InChI=1S/C11H15BrN4O3S/c1-2-3-13-7-9-4-10(11(12)19-9)20(17,18)16-8-5-14-15-6-8/h4-6,13,16H,2-3,7H2,1H3,(H,14,15). The molecule has 0 spiro atoms. The van der Waals surface area contributed by atoms with Crippen LogP contribution in [0.25, 0.3) is 0 Å². The predicted molar refractivity (Wildman–Crippen MR) is 77.8 cm³/mol. The second-order valence-corrected chi connectivity index (χ2v) is 6.49. The van der Waals surface area contributed by atoms with E-state index in [1.165, 1.54) is 18.5 Å². The lowest BCUT2D eigenvalue weighted by Crippen LogP contribution is -2.13. The molecule has 0 bridgehead atoms. The number of nitrogens with one attached hydrogen (secondary N) is 3. The first-order chi connectivity index (χ1) is 9.53. The Morgan fingerprint density at radius 3 is 2.95 bits per heavy atom. The molecule has 2 rings (SSSR count). The molecule has 2 aromatic heterocycles. The number of H-pyrrole nitrogens is 1. The van der Waals surface area contributed by atoms with Crippen LogP contribution < -0.4 is 10.0 Å². The third-order valence-electron chi connectivity index (χ3n) is 2.47. The summed E-state index contributed by atoms with van der Waals surface area (Å²) in [6.07, 6.45) is 3.83. The minimum absolute atomic E-state index is 0.0620. The van der Waals surface area contributed by atoms with Crippen LogP contribution in [-0.2, 0) is 16.6 Å². The van der Waals surface area contributed by atoms with E-state index in [0.29, 0.717) is 18.0 Å². The van der Waals surface area contributed by atoms with E-state index in [0.717, 1.165) is 13.0 Å². The van der Waals surface area contributed by atoms with Gasteiger partial charge in [-0.1, -0.05) is 6.92 Å². The molecule has 0 aromatic carbocycles. The van der Waals surface area contributed by atoms with E-state index in [4.69, 9.17) is 4.42 Å². The highest BCUT2D eigenvalue weighted by Gasteiger charge is 2.22. The van der Waals surface area contributed by atoms with Crippen molar-refractivity contribution in [2.45, 2.75) is 24.8 Å². The molecule has 0 unspecified atom stereocenters. The van der Waals surface area contributed by atoms with Crippen LogP contribution in [-0.4, -0.2) is 25.2 Å². The number of aromatic nitrogens is 2. The van der Waals surface area contributed by atoms with Gasteiger partial charge in [0.2, 0.25) is 0 Å². The summed E-state index contributed by atoms with van der Waals surface area (Å²) in [6, 6.07) is 1.50. The summed E-state index contributed by atoms with van der Waals surface area (Å²) in [5.41, 5.74) is 0.365. The molecule has 0 amide bonds. The number of aromatic amines is 1. The molecule has 2 heterocycles. The number of hydrogen-bond donors (Lipinski definition) is 3. The molecule has 3 N–H and O–H groups in total. The minimum Gasteiger partial charge on any atom is -0.451 e. The maximum Gasteiger partial charge on any atom is 0.266 e. The van der Waals surface area contributed by atoms with Gasteiger partial charge in [-0.25, -0.2) is 8.42 Å². The van der Waals surface area contributed by atoms with Crippen molar-refractivity contribution in [1.82, 2.24) is 15.5 Å². The van der Waals surface area contributed by atoms with Crippen LogP contribution in [0, 0.1) is 0 Å². The van der Waals surface area contributed by atoms with Crippen molar-refractivity contribution in [3.63, 3.8) is 0 Å². The largest absolute Gasteiger partial charge is 0.451 e. The molecule has 0 fully saturated rings. The van der Waals surface area contributed by atoms with Gasteiger partial charge >= 0.3 is 0 Å². The molecule has 110 valence electrons. The Balaban J connectivity index is 2.15. The van der Waals surface area contributed by atoms with E-state index >= 15 is 0 Å². The third kappa shape index (κ3) is 3.62. The summed E-state index contributed by atoms with van der Waals surface area (Å²) in [7, 11) is -3.70. The van der Waals surface area contributed by atoms with E-state index in [9.17, 15) is 8.42 Å². The van der Waals surface area contributed by atoms with Crippen LogP contribution >= 0.6 is 15.9 Å². The molecular weight excluding hydrogens is 348 g/mol. The van der Waals surface area contributed by atoms with Crippen molar-refractivity contribution in [1.29, 1.82) is 0 Å². The van der Waals surface area contributed by atoms with E-state index in [2.05, 4.69) is 43.1 Å². The second kappa shape index (κ2) is 6.42. The Bertz CT molecular complexity index is 651. The summed E-state index contributed by atoms with van der Waals surface area (Å²) in [4.78, 5) is 0.0620. The molecule has 0 atom stereocenters. The zero-order valence-corrected chi connectivity index (χ0v) is 13.2. The van der Waals surface area contributed by atoms with Gasteiger partial charge in [-0.3, -0.25) is 9.82 Å². The van der Waals surface area contributed by atoms with Crippen LogP contribution in [0.5, 0.6) is 0 Å². The first kappa shape index (κ1) is 15.1. The van der Waals surface area contributed by atoms with E-state index in [1.54, 1.807) is 0 Å². The average Bonchev–Trinajstić information content (AvgIpc) is 2.99. The van der Waals surface area contributed by atoms with Gasteiger partial charge in [0.1, 0.15) is 10.7 Å². The summed E-state index contributed by atoms with van der Waals surface area (Å²) in [5, 5.41) is 9.36. The Morgan fingerprint density at radius 2 is 2.30 bits per heavy atom. The molecule has 0 aliphatic rings. The highest BCUT2D eigenvalue weighted by molar-refractivity contribution is 9.10. The quantitative estimate of drug-likeness (QED) is 0.654. The Kier molecular flexibility index (Phi) is 4.84. The summed E-state index contributed by atoms with van der Waals surface area (Å²) in [6.45, 7) is 3.37. The highest BCUT2D eigenvalue weighted by atomic mass is 79.9. The lowest BCUT2D eigenvalue weighted by molar-refractivity contribution is 0.461. The second-order valence-electron chi connectivity index (χ2n) is 4.12. The first-order valence-corrected chi connectivity index (χ1v) is 8.31. The zero-order valence-electron chi connectivity index (χ0n) is 10.8. The van der Waals surface area contributed by atoms with Crippen LogP contribution in [0.3, 0.4) is 0 Å². The first-order valence-electron chi connectivity index (χ1n) is 6.03. The smallest absolute Gasteiger partial charge is 0.266 e. The van der Waals surface area contributed by atoms with Gasteiger partial charge in [-0.15, -0.1) is 0 Å². The molecule has 9 heteroatoms. The molecule has 0 aliphatic heterocycles. The third-order valence-corrected chi connectivity index (χ3v) is 4.71. The normalized spacial score (nSPS) is 11.7. The SMILES string of the molecule is CCCNCc1cc(S(=O)(=O)Nc2cn[nH]c2)c(Br)o1. The van der Waals surface area contributed by atoms with E-state index < -0.39 is 10.0 Å². The molecule has 0 aliphatic carbocycles. The van der Waals surface area contributed by atoms with Crippen LogP contribution in [0.1, 0.15) is 19.1 Å². The Hall–Kier alpha value is -1.32. The number of nitrogens with zero attached hydrogens (tertiary/aromatic N) is 1. The fourth-order valence-electron chi connectivity index (χ4n) is 1.57. The molecule has 20 heavy (non-hydrogen) atoms. The summed E-state index contributed by atoms with van der Waals surface area (Å²) < 4.78 is 32.4. The topological polar surface area (TPSA) is 100 Å². The number of hydrogen-bond acceptors (Lipinski definition) is 5. The number of rotatable bonds is 7. The molecule has 2 aromatic rings. The maximum atomic E-state index is 12.2. The average molecular weight is 363 g/mol. The van der Waals surface area contributed by atoms with Crippen molar-refractivity contribution in [2.24, 2.45) is 0 Å². The van der Waals surface area contributed by atoms with Crippen molar-refractivity contribution in [3.05, 3.63) is 28.9 Å². The molecule has 0 saturated carbocycles. The maximum absolute atomic E-state index is 12.2. The Labute approximate surface area is 125 Å². The molecular formula is C11H15BrN4O3S. The van der Waals surface area contributed by atoms with Gasteiger partial charge in [-0.05, 0) is 28.9 Å². The fourth-order valence-corrected chi connectivity index (χ4v) is 3.61. The van der Waals surface area contributed by atoms with Gasteiger partial charge < -0.3 is 9.73 Å². The predicted octanol–water partition coefficient (Wildman–Crippen LogP) is 2.07. The molecule has 0 radical (unpaired) electrons. The highest BCUT2D eigenvalue weighted by Crippen LogP contribution is 2.27. The van der Waals surface area contributed by atoms with Gasteiger partial charge in [0.25, 0.3) is 10.0 Å². The number of sulfonamides is 1. The molecule has 7 nitrogen and oxygen atoms in total. The van der Waals surface area contributed by atoms with Crippen LogP contribution in [0.15, 0.2) is 32.4 Å². The lowest BCUT2D eigenvalue weighted by Gasteiger charge is -2.02. The lowest BCUT2D eigenvalue weighted by atomic mass is 10.4. The monoisotopic (exact) mass is 362 g/mol. The zero-order chi connectivity index (χ0) is 14.6. The van der Waals surface area contributed by atoms with E-state index in [1.807, 2.05) is 0 Å². The van der Waals surface area contributed by atoms with Crippen LogP contribution in [0.4, 0.5) is 5.69 Å². The van der Waals surface area contributed by atoms with E-state index in [-0.39, 0.29) is 9.56 Å². The number of anilines is 1. The van der Waals surface area contributed by atoms with Gasteiger partial charge in [0, 0.05) is 12.3 Å².